The summed E-state index contributed by atoms with van der Waals surface area (Å²) in [5, 5.41) is 9.95. The van der Waals surface area contributed by atoms with Gasteiger partial charge in [0.1, 0.15) is 11.6 Å². The summed E-state index contributed by atoms with van der Waals surface area (Å²) in [7, 11) is -4.02. The van der Waals surface area contributed by atoms with Crippen molar-refractivity contribution in [3.05, 3.63) is 84.2 Å². The van der Waals surface area contributed by atoms with Gasteiger partial charge in [0.05, 0.1) is 16.3 Å². The zero-order valence-corrected chi connectivity index (χ0v) is 14.3. The Hall–Kier alpha value is -3.19. The molecule has 0 aromatic heterocycles. The van der Waals surface area contributed by atoms with E-state index in [1.165, 1.54) is 42.6 Å². The maximum absolute atomic E-state index is 13.7. The lowest BCUT2D eigenvalue weighted by Crippen LogP contribution is -2.14. The molecule has 3 rings (SSSR count). The van der Waals surface area contributed by atoms with Crippen molar-refractivity contribution in [3.63, 3.8) is 0 Å². The van der Waals surface area contributed by atoms with E-state index < -0.39 is 15.8 Å². The zero-order chi connectivity index (χ0) is 18.6. The van der Waals surface area contributed by atoms with E-state index in [-0.39, 0.29) is 21.9 Å². The summed E-state index contributed by atoms with van der Waals surface area (Å²) in [4.78, 5) is 4.08. The lowest BCUT2D eigenvalue weighted by Gasteiger charge is -2.10. The molecule has 2 N–H and O–H groups in total. The highest BCUT2D eigenvalue weighted by Crippen LogP contribution is 2.24. The molecule has 0 heterocycles. The van der Waals surface area contributed by atoms with Crippen LogP contribution in [0.5, 0.6) is 5.75 Å². The Labute approximate surface area is 150 Å². The number of hydrogen-bond acceptors (Lipinski definition) is 4. The van der Waals surface area contributed by atoms with Gasteiger partial charge in [-0.1, -0.05) is 30.3 Å². The van der Waals surface area contributed by atoms with Crippen molar-refractivity contribution in [2.45, 2.75) is 4.90 Å². The summed E-state index contributed by atoms with van der Waals surface area (Å²) in [6.07, 6.45) is 1.37. The van der Waals surface area contributed by atoms with Crippen LogP contribution >= 0.6 is 0 Å². The quantitative estimate of drug-likeness (QED) is 0.664. The number of phenols is 1. The summed E-state index contributed by atoms with van der Waals surface area (Å²) in [5.41, 5.74) is 0.731. The van der Waals surface area contributed by atoms with Gasteiger partial charge in [0.2, 0.25) is 0 Å². The number of halogens is 1. The van der Waals surface area contributed by atoms with E-state index in [0.717, 1.165) is 6.07 Å². The van der Waals surface area contributed by atoms with Crippen LogP contribution in [-0.4, -0.2) is 19.7 Å². The number of nitrogens with one attached hydrogen (secondary N) is 1. The summed E-state index contributed by atoms with van der Waals surface area (Å²) < 4.78 is 40.9. The van der Waals surface area contributed by atoms with Crippen LogP contribution in [0.4, 0.5) is 15.8 Å². The van der Waals surface area contributed by atoms with E-state index in [9.17, 15) is 17.9 Å². The van der Waals surface area contributed by atoms with Crippen molar-refractivity contribution in [2.75, 3.05) is 4.72 Å². The van der Waals surface area contributed by atoms with Crippen LogP contribution in [-0.2, 0) is 10.0 Å². The molecule has 132 valence electrons. The molecule has 0 saturated carbocycles. The van der Waals surface area contributed by atoms with Gasteiger partial charge >= 0.3 is 0 Å². The number of phenolic OH excluding ortho intramolecular Hbond substituents is 1. The summed E-state index contributed by atoms with van der Waals surface area (Å²) in [6, 6.07) is 18.2. The molecule has 5 nitrogen and oxygen atoms in total. The highest BCUT2D eigenvalue weighted by molar-refractivity contribution is 7.92. The second kappa shape index (κ2) is 7.37. The first-order valence-electron chi connectivity index (χ1n) is 7.65. The third-order valence-electron chi connectivity index (χ3n) is 3.54. The number of aromatic hydroxyl groups is 1. The number of rotatable bonds is 5. The van der Waals surface area contributed by atoms with Crippen molar-refractivity contribution in [1.29, 1.82) is 0 Å². The minimum atomic E-state index is -4.02. The fourth-order valence-electron chi connectivity index (χ4n) is 2.21. The van der Waals surface area contributed by atoms with E-state index in [4.69, 9.17) is 0 Å². The Kier molecular flexibility index (Phi) is 4.99. The van der Waals surface area contributed by atoms with Crippen molar-refractivity contribution in [2.24, 2.45) is 4.99 Å². The first-order valence-corrected chi connectivity index (χ1v) is 9.13. The van der Waals surface area contributed by atoms with Crippen LogP contribution in [0.1, 0.15) is 5.56 Å². The molecule has 0 bridgehead atoms. The fraction of sp³-hybridized carbons (Fsp3) is 0. The molecule has 0 aliphatic rings. The molecule has 0 amide bonds. The normalized spacial score (nSPS) is 11.6. The minimum Gasteiger partial charge on any atom is -0.507 e. The third-order valence-corrected chi connectivity index (χ3v) is 4.90. The molecule has 0 atom stereocenters. The molecule has 0 unspecified atom stereocenters. The zero-order valence-electron chi connectivity index (χ0n) is 13.5. The van der Waals surface area contributed by atoms with E-state index >= 15 is 0 Å². The average Bonchev–Trinajstić information content (AvgIpc) is 2.63. The van der Waals surface area contributed by atoms with Gasteiger partial charge in [0, 0.05) is 11.8 Å². The topological polar surface area (TPSA) is 78.8 Å². The van der Waals surface area contributed by atoms with Crippen molar-refractivity contribution < 1.29 is 17.9 Å². The van der Waals surface area contributed by atoms with Gasteiger partial charge < -0.3 is 5.11 Å². The maximum Gasteiger partial charge on any atom is 0.262 e. The fourth-order valence-corrected chi connectivity index (χ4v) is 3.31. The molecule has 7 heteroatoms. The number of hydrogen-bond donors (Lipinski definition) is 2. The smallest absolute Gasteiger partial charge is 0.262 e. The highest BCUT2D eigenvalue weighted by atomic mass is 32.2. The predicted molar refractivity (Wildman–Crippen MR) is 99.0 cm³/mol. The standard InChI is InChI=1S/C19H15FN2O3S/c20-17-8-4-5-9-18(17)22-26(24,25)16-10-11-19(23)14(12-16)13-21-15-6-2-1-3-7-15/h1-13,22-23H. The molecule has 0 aliphatic carbocycles. The largest absolute Gasteiger partial charge is 0.507 e. The maximum atomic E-state index is 13.7. The summed E-state index contributed by atoms with van der Waals surface area (Å²) >= 11 is 0. The lowest BCUT2D eigenvalue weighted by atomic mass is 10.2. The van der Waals surface area contributed by atoms with Crippen LogP contribution < -0.4 is 4.72 Å². The van der Waals surface area contributed by atoms with Gasteiger partial charge in [-0.15, -0.1) is 0 Å². The molecular weight excluding hydrogens is 355 g/mol. The van der Waals surface area contributed by atoms with Gasteiger partial charge in [-0.3, -0.25) is 9.71 Å². The molecule has 0 radical (unpaired) electrons. The van der Waals surface area contributed by atoms with Crippen LogP contribution in [0.15, 0.2) is 82.7 Å². The van der Waals surface area contributed by atoms with E-state index in [1.54, 1.807) is 12.1 Å². The van der Waals surface area contributed by atoms with E-state index in [0.29, 0.717) is 5.69 Å². The third kappa shape index (κ3) is 4.07. The van der Waals surface area contributed by atoms with Gasteiger partial charge in [-0.2, -0.15) is 0 Å². The summed E-state index contributed by atoms with van der Waals surface area (Å²) in [6.45, 7) is 0. The molecule has 0 saturated heterocycles. The Morgan fingerprint density at radius 3 is 2.38 bits per heavy atom. The highest BCUT2D eigenvalue weighted by Gasteiger charge is 2.17. The number of benzene rings is 3. The Balaban J connectivity index is 1.91. The Bertz CT molecular complexity index is 1050. The van der Waals surface area contributed by atoms with Crippen LogP contribution in [0.25, 0.3) is 0 Å². The molecule has 3 aromatic rings. The number of para-hydroxylation sites is 2. The van der Waals surface area contributed by atoms with Crippen molar-refractivity contribution in [1.82, 2.24) is 0 Å². The second-order valence-corrected chi connectivity index (χ2v) is 7.08. The van der Waals surface area contributed by atoms with Crippen molar-refractivity contribution in [3.8, 4) is 5.75 Å². The molecule has 0 spiro atoms. The summed E-state index contributed by atoms with van der Waals surface area (Å²) in [5.74, 6) is -0.796. The number of nitrogens with zero attached hydrogens (tertiary/aromatic N) is 1. The predicted octanol–water partition coefficient (Wildman–Crippen LogP) is 4.08. The van der Waals surface area contributed by atoms with E-state index in [2.05, 4.69) is 9.71 Å². The molecule has 3 aromatic carbocycles. The molecule has 0 aliphatic heterocycles. The first-order chi connectivity index (χ1) is 12.5. The van der Waals surface area contributed by atoms with Gasteiger partial charge in [-0.25, -0.2) is 12.8 Å². The number of anilines is 1. The minimum absolute atomic E-state index is 0.116. The molecule has 0 fully saturated rings. The van der Waals surface area contributed by atoms with Crippen LogP contribution in [0.2, 0.25) is 0 Å². The molecular formula is C19H15FN2O3S. The van der Waals surface area contributed by atoms with Crippen molar-refractivity contribution >= 4 is 27.6 Å². The first kappa shape index (κ1) is 17.6. The lowest BCUT2D eigenvalue weighted by molar-refractivity contribution is 0.474. The van der Waals surface area contributed by atoms with E-state index in [1.807, 2.05) is 18.2 Å². The second-order valence-electron chi connectivity index (χ2n) is 5.40. The Morgan fingerprint density at radius 2 is 1.65 bits per heavy atom. The van der Waals surface area contributed by atoms with Gasteiger partial charge in [0.15, 0.2) is 0 Å². The molecule has 26 heavy (non-hydrogen) atoms. The van der Waals surface area contributed by atoms with Gasteiger partial charge in [-0.05, 0) is 42.5 Å². The van der Waals surface area contributed by atoms with Crippen LogP contribution in [0.3, 0.4) is 0 Å². The average molecular weight is 370 g/mol. The SMILES string of the molecule is O=S(=O)(Nc1ccccc1F)c1ccc(O)c(C=Nc2ccccc2)c1. The van der Waals surface area contributed by atoms with Crippen LogP contribution in [0, 0.1) is 5.82 Å². The number of aliphatic imine (C=N–C) groups is 1. The monoisotopic (exact) mass is 370 g/mol. The Morgan fingerprint density at radius 1 is 0.962 bits per heavy atom. The van der Waals surface area contributed by atoms with Gasteiger partial charge in [0.25, 0.3) is 10.0 Å². The number of sulfonamides is 1.